The number of halogens is 1. The van der Waals surface area contributed by atoms with Gasteiger partial charge in [-0.1, -0.05) is 72.3 Å². The van der Waals surface area contributed by atoms with Gasteiger partial charge in [-0.3, -0.25) is 13.9 Å². The summed E-state index contributed by atoms with van der Waals surface area (Å²) in [5.74, 6) is -0.821. The molecule has 40 heavy (non-hydrogen) atoms. The van der Waals surface area contributed by atoms with Crippen LogP contribution in [0, 0.1) is 13.8 Å². The third kappa shape index (κ3) is 8.57. The van der Waals surface area contributed by atoms with Gasteiger partial charge >= 0.3 is 0 Å². The minimum Gasteiger partial charge on any atom is -0.350 e. The maximum absolute atomic E-state index is 14.1. The van der Waals surface area contributed by atoms with E-state index in [1.165, 1.54) is 11.0 Å². The topological polar surface area (TPSA) is 86.8 Å². The molecule has 0 radical (unpaired) electrons. The Kier molecular flexibility index (Phi) is 10.0. The zero-order chi connectivity index (χ0) is 29.7. The molecule has 0 unspecified atom stereocenters. The van der Waals surface area contributed by atoms with Crippen LogP contribution in [0.3, 0.4) is 0 Å². The number of hydrogen-bond donors (Lipinski definition) is 1. The summed E-state index contributed by atoms with van der Waals surface area (Å²) in [5, 5.41) is 3.41. The van der Waals surface area contributed by atoms with Gasteiger partial charge in [0.15, 0.2) is 0 Å². The lowest BCUT2D eigenvalue weighted by molar-refractivity contribution is -0.140. The van der Waals surface area contributed by atoms with Crippen LogP contribution >= 0.6 is 11.6 Å². The molecular formula is C31H38ClN3O4S. The molecule has 3 aromatic carbocycles. The number of nitrogens with zero attached hydrogens (tertiary/aromatic N) is 2. The second kappa shape index (κ2) is 12.9. The van der Waals surface area contributed by atoms with Crippen LogP contribution in [0.4, 0.5) is 5.69 Å². The van der Waals surface area contributed by atoms with Gasteiger partial charge in [-0.2, -0.15) is 0 Å². The normalized spacial score (nSPS) is 12.5. The summed E-state index contributed by atoms with van der Waals surface area (Å²) < 4.78 is 26.9. The van der Waals surface area contributed by atoms with Crippen LogP contribution < -0.4 is 9.62 Å². The molecule has 0 fully saturated rings. The van der Waals surface area contributed by atoms with Crippen molar-refractivity contribution in [1.29, 1.82) is 0 Å². The molecular weight excluding hydrogens is 546 g/mol. The van der Waals surface area contributed by atoms with Crippen molar-refractivity contribution in [2.24, 2.45) is 0 Å². The maximum atomic E-state index is 14.1. The number of nitrogens with one attached hydrogen (secondary N) is 1. The van der Waals surface area contributed by atoms with E-state index in [1.807, 2.05) is 89.2 Å². The summed E-state index contributed by atoms with van der Waals surface area (Å²) in [4.78, 5) is 29.4. The minimum absolute atomic E-state index is 0.132. The van der Waals surface area contributed by atoms with Gasteiger partial charge in [0.2, 0.25) is 21.8 Å². The van der Waals surface area contributed by atoms with Crippen molar-refractivity contribution in [3.8, 4) is 0 Å². The van der Waals surface area contributed by atoms with Gasteiger partial charge in [0.05, 0.1) is 11.9 Å². The first-order chi connectivity index (χ1) is 18.7. The number of aryl methyl sites for hydroxylation is 2. The summed E-state index contributed by atoms with van der Waals surface area (Å²) in [6.45, 7) is 9.04. The van der Waals surface area contributed by atoms with Crippen LogP contribution in [0.1, 0.15) is 43.0 Å². The monoisotopic (exact) mass is 583 g/mol. The molecule has 0 aliphatic heterocycles. The number of rotatable bonds is 10. The quantitative estimate of drug-likeness (QED) is 0.352. The Balaban J connectivity index is 2.10. The van der Waals surface area contributed by atoms with Crippen molar-refractivity contribution in [2.75, 3.05) is 17.1 Å². The second-order valence-electron chi connectivity index (χ2n) is 11.1. The predicted molar refractivity (Wildman–Crippen MR) is 162 cm³/mol. The smallest absolute Gasteiger partial charge is 0.244 e. The predicted octanol–water partition coefficient (Wildman–Crippen LogP) is 5.28. The average Bonchev–Trinajstić information content (AvgIpc) is 2.86. The molecule has 9 heteroatoms. The summed E-state index contributed by atoms with van der Waals surface area (Å²) >= 11 is 6.31. The van der Waals surface area contributed by atoms with E-state index in [1.54, 1.807) is 12.1 Å². The van der Waals surface area contributed by atoms with Gasteiger partial charge < -0.3 is 10.2 Å². The standard InChI is InChI=1S/C31H38ClN3O4S/c1-22-12-10-11-15-25(22)20-34(28(30(37)33-31(3,4)5)18-24-13-8-7-9-14-24)29(36)21-35(40(6,38)39)26-17-16-23(2)27(32)19-26/h7-17,19,28H,18,20-21H2,1-6H3,(H,33,37)/t28-/m1/s1. The van der Waals surface area contributed by atoms with Crippen LogP contribution in [0.25, 0.3) is 0 Å². The van der Waals surface area contributed by atoms with E-state index in [0.717, 1.165) is 32.8 Å². The molecule has 0 saturated heterocycles. The largest absolute Gasteiger partial charge is 0.350 e. The molecule has 2 amide bonds. The van der Waals surface area contributed by atoms with Crippen molar-refractivity contribution in [3.05, 3.63) is 100 Å². The minimum atomic E-state index is -3.86. The first-order valence-corrected chi connectivity index (χ1v) is 15.3. The molecule has 3 aromatic rings. The van der Waals surface area contributed by atoms with E-state index < -0.39 is 34.1 Å². The Morgan fingerprint density at radius 2 is 1.55 bits per heavy atom. The lowest BCUT2D eigenvalue weighted by atomic mass is 10.00. The van der Waals surface area contributed by atoms with Crippen molar-refractivity contribution in [1.82, 2.24) is 10.2 Å². The van der Waals surface area contributed by atoms with Gasteiger partial charge in [0, 0.05) is 23.5 Å². The van der Waals surface area contributed by atoms with Gasteiger partial charge in [0.1, 0.15) is 12.6 Å². The Bertz CT molecular complexity index is 1450. The molecule has 0 bridgehead atoms. The number of sulfonamides is 1. The van der Waals surface area contributed by atoms with E-state index in [4.69, 9.17) is 11.6 Å². The highest BCUT2D eigenvalue weighted by molar-refractivity contribution is 7.92. The number of carbonyl (C=O) groups excluding carboxylic acids is 2. The molecule has 1 N–H and O–H groups in total. The van der Waals surface area contributed by atoms with Crippen molar-refractivity contribution in [2.45, 2.75) is 59.2 Å². The summed E-state index contributed by atoms with van der Waals surface area (Å²) in [7, 11) is -3.86. The molecule has 214 valence electrons. The second-order valence-corrected chi connectivity index (χ2v) is 13.4. The molecule has 0 aliphatic carbocycles. The van der Waals surface area contributed by atoms with Gasteiger partial charge in [0.25, 0.3) is 0 Å². The zero-order valence-electron chi connectivity index (χ0n) is 23.9. The highest BCUT2D eigenvalue weighted by Gasteiger charge is 2.34. The highest BCUT2D eigenvalue weighted by atomic mass is 35.5. The van der Waals surface area contributed by atoms with E-state index in [-0.39, 0.29) is 24.6 Å². The zero-order valence-corrected chi connectivity index (χ0v) is 25.5. The van der Waals surface area contributed by atoms with Crippen LogP contribution in [-0.2, 0) is 32.6 Å². The fraction of sp³-hybridized carbons (Fsp3) is 0.355. The molecule has 0 saturated carbocycles. The average molecular weight is 584 g/mol. The Hall–Kier alpha value is -3.36. The molecule has 0 spiro atoms. The van der Waals surface area contributed by atoms with Crippen LogP contribution in [-0.4, -0.2) is 49.5 Å². The van der Waals surface area contributed by atoms with Crippen molar-refractivity contribution in [3.63, 3.8) is 0 Å². The van der Waals surface area contributed by atoms with E-state index in [9.17, 15) is 18.0 Å². The maximum Gasteiger partial charge on any atom is 0.244 e. The van der Waals surface area contributed by atoms with Crippen LogP contribution in [0.15, 0.2) is 72.8 Å². The van der Waals surface area contributed by atoms with Gasteiger partial charge in [-0.05, 0) is 69.0 Å². The van der Waals surface area contributed by atoms with Crippen LogP contribution in [0.2, 0.25) is 5.02 Å². The Morgan fingerprint density at radius 3 is 2.12 bits per heavy atom. The third-order valence-corrected chi connectivity index (χ3v) is 8.04. The highest BCUT2D eigenvalue weighted by Crippen LogP contribution is 2.26. The first kappa shape index (κ1) is 31.2. The molecule has 3 rings (SSSR count). The van der Waals surface area contributed by atoms with Crippen molar-refractivity contribution < 1.29 is 18.0 Å². The van der Waals surface area contributed by atoms with E-state index in [0.29, 0.717) is 5.02 Å². The van der Waals surface area contributed by atoms with E-state index in [2.05, 4.69) is 5.32 Å². The molecule has 0 aliphatic rings. The lowest BCUT2D eigenvalue weighted by Gasteiger charge is -2.35. The number of amides is 2. The number of carbonyl (C=O) groups is 2. The molecule has 7 nitrogen and oxygen atoms in total. The first-order valence-electron chi connectivity index (χ1n) is 13.1. The summed E-state index contributed by atoms with van der Waals surface area (Å²) in [6.07, 6.45) is 1.31. The Labute approximate surface area is 243 Å². The fourth-order valence-corrected chi connectivity index (χ4v) is 5.34. The lowest BCUT2D eigenvalue weighted by Crippen LogP contribution is -2.56. The van der Waals surface area contributed by atoms with Gasteiger partial charge in [-0.15, -0.1) is 0 Å². The molecule has 0 heterocycles. The SMILES string of the molecule is Cc1ccc(N(CC(=O)N(Cc2ccccc2C)[C@H](Cc2ccccc2)C(=O)NC(C)(C)C)S(C)(=O)=O)cc1Cl. The van der Waals surface area contributed by atoms with Gasteiger partial charge in [-0.25, -0.2) is 8.42 Å². The van der Waals surface area contributed by atoms with E-state index >= 15 is 0 Å². The summed E-state index contributed by atoms with van der Waals surface area (Å²) in [5.41, 5.74) is 3.22. The van der Waals surface area contributed by atoms with Crippen LogP contribution in [0.5, 0.6) is 0 Å². The number of anilines is 1. The number of benzene rings is 3. The fourth-order valence-electron chi connectivity index (χ4n) is 4.33. The molecule has 0 aromatic heterocycles. The Morgan fingerprint density at radius 1 is 0.925 bits per heavy atom. The number of hydrogen-bond acceptors (Lipinski definition) is 4. The third-order valence-electron chi connectivity index (χ3n) is 6.49. The summed E-state index contributed by atoms with van der Waals surface area (Å²) in [6, 6.07) is 21.1. The van der Waals surface area contributed by atoms with Crippen molar-refractivity contribution >= 4 is 39.1 Å². The molecule has 1 atom stereocenters.